The van der Waals surface area contributed by atoms with Crippen LogP contribution in [0.2, 0.25) is 0 Å². The predicted octanol–water partition coefficient (Wildman–Crippen LogP) is 1.93. The summed E-state index contributed by atoms with van der Waals surface area (Å²) in [5.41, 5.74) is 0. The van der Waals surface area contributed by atoms with Crippen molar-refractivity contribution in [2.45, 2.75) is 33.1 Å². The number of hydrogen-bond donors (Lipinski definition) is 2. The van der Waals surface area contributed by atoms with Crippen LogP contribution in [0, 0.1) is 0 Å². The lowest BCUT2D eigenvalue weighted by Gasteiger charge is -2.09. The Hall–Kier alpha value is -1.03. The highest BCUT2D eigenvalue weighted by Gasteiger charge is 1.94. The molecule has 2 N–H and O–H groups in total. The van der Waals surface area contributed by atoms with E-state index in [4.69, 9.17) is 4.74 Å². The van der Waals surface area contributed by atoms with Crippen molar-refractivity contribution in [1.82, 2.24) is 10.6 Å². The van der Waals surface area contributed by atoms with E-state index in [0.29, 0.717) is 0 Å². The van der Waals surface area contributed by atoms with Crippen LogP contribution >= 0.6 is 0 Å². The van der Waals surface area contributed by atoms with E-state index in [-0.39, 0.29) is 0 Å². The van der Waals surface area contributed by atoms with Crippen LogP contribution in [0.15, 0.2) is 17.6 Å². The van der Waals surface area contributed by atoms with Gasteiger partial charge in [0.15, 0.2) is 5.96 Å². The summed E-state index contributed by atoms with van der Waals surface area (Å²) in [6, 6.07) is 0. The molecule has 0 radical (unpaired) electrons. The molecule has 0 unspecified atom stereocenters. The zero-order chi connectivity index (χ0) is 12.8. The van der Waals surface area contributed by atoms with Crippen molar-refractivity contribution in [3.63, 3.8) is 0 Å². The Balaban J connectivity index is 3.57. The van der Waals surface area contributed by atoms with Gasteiger partial charge in [-0.3, -0.25) is 4.99 Å². The summed E-state index contributed by atoms with van der Waals surface area (Å²) in [5, 5.41) is 6.34. The third kappa shape index (κ3) is 11.2. The lowest BCUT2D eigenvalue weighted by Crippen LogP contribution is -2.37. The zero-order valence-electron chi connectivity index (χ0n) is 11.3. The summed E-state index contributed by atoms with van der Waals surface area (Å²) >= 11 is 0. The standard InChI is InChI=1S/C13H27N3O/c1-4-7-11-17-12-8-10-16-13(14-6-3)15-9-5-2/h5H,2,4,6-12H2,1,3H3,(H2,14,15,16). The Morgan fingerprint density at radius 3 is 2.65 bits per heavy atom. The summed E-state index contributed by atoms with van der Waals surface area (Å²) in [5.74, 6) is 0.848. The molecule has 17 heavy (non-hydrogen) atoms. The maximum Gasteiger partial charge on any atom is 0.191 e. The first-order valence-electron chi connectivity index (χ1n) is 6.56. The minimum atomic E-state index is 0.735. The second kappa shape index (κ2) is 13.0. The van der Waals surface area contributed by atoms with Crippen molar-refractivity contribution in [2.75, 3.05) is 32.8 Å². The second-order valence-electron chi connectivity index (χ2n) is 3.75. The molecule has 100 valence electrons. The smallest absolute Gasteiger partial charge is 0.191 e. The summed E-state index contributed by atoms with van der Waals surface area (Å²) in [6.07, 6.45) is 5.12. The average molecular weight is 241 g/mol. The molecular formula is C13H27N3O. The fraction of sp³-hybridized carbons (Fsp3) is 0.769. The average Bonchev–Trinajstić information content (AvgIpc) is 2.34. The predicted molar refractivity (Wildman–Crippen MR) is 74.5 cm³/mol. The largest absolute Gasteiger partial charge is 0.381 e. The molecule has 0 fully saturated rings. The number of aliphatic imine (C=N–C) groups is 1. The molecule has 0 aliphatic rings. The Morgan fingerprint density at radius 1 is 1.24 bits per heavy atom. The van der Waals surface area contributed by atoms with Gasteiger partial charge in [-0.1, -0.05) is 19.4 Å². The third-order valence-corrected chi connectivity index (χ3v) is 2.12. The van der Waals surface area contributed by atoms with Crippen LogP contribution in [0.3, 0.4) is 0 Å². The summed E-state index contributed by atoms with van der Waals surface area (Å²) in [4.78, 5) is 4.44. The van der Waals surface area contributed by atoms with Gasteiger partial charge in [0.05, 0.1) is 0 Å². The number of rotatable bonds is 10. The van der Waals surface area contributed by atoms with Gasteiger partial charge in [0.1, 0.15) is 0 Å². The van der Waals surface area contributed by atoms with E-state index in [1.165, 1.54) is 6.42 Å². The molecule has 0 aromatic heterocycles. The summed E-state index contributed by atoms with van der Waals surface area (Å²) < 4.78 is 5.47. The Morgan fingerprint density at radius 2 is 2.00 bits per heavy atom. The molecule has 0 aromatic rings. The Bertz CT molecular complexity index is 205. The van der Waals surface area contributed by atoms with E-state index in [1.807, 2.05) is 6.08 Å². The summed E-state index contributed by atoms with van der Waals surface area (Å²) in [6.45, 7) is 12.0. The van der Waals surface area contributed by atoms with Crippen molar-refractivity contribution in [3.05, 3.63) is 12.7 Å². The zero-order valence-corrected chi connectivity index (χ0v) is 11.3. The van der Waals surface area contributed by atoms with Crippen LogP contribution in [-0.2, 0) is 4.74 Å². The molecule has 0 rings (SSSR count). The first-order valence-corrected chi connectivity index (χ1v) is 6.56. The normalized spacial score (nSPS) is 11.3. The maximum atomic E-state index is 5.47. The SMILES string of the molecule is C=CCNC(=NCCCOCCCC)NCC. The molecular weight excluding hydrogens is 214 g/mol. The van der Waals surface area contributed by atoms with Crippen LogP contribution in [0.25, 0.3) is 0 Å². The number of ether oxygens (including phenoxy) is 1. The van der Waals surface area contributed by atoms with E-state index in [1.54, 1.807) is 0 Å². The van der Waals surface area contributed by atoms with E-state index < -0.39 is 0 Å². The van der Waals surface area contributed by atoms with Crippen LogP contribution in [0.1, 0.15) is 33.1 Å². The molecule has 0 spiro atoms. The highest BCUT2D eigenvalue weighted by molar-refractivity contribution is 5.79. The van der Waals surface area contributed by atoms with Crippen LogP contribution in [0.5, 0.6) is 0 Å². The fourth-order valence-electron chi connectivity index (χ4n) is 1.22. The maximum absolute atomic E-state index is 5.47. The van der Waals surface area contributed by atoms with E-state index in [0.717, 1.165) is 51.6 Å². The summed E-state index contributed by atoms with van der Waals surface area (Å²) in [7, 11) is 0. The molecule has 0 saturated carbocycles. The van der Waals surface area contributed by atoms with E-state index >= 15 is 0 Å². The van der Waals surface area contributed by atoms with Gasteiger partial charge < -0.3 is 15.4 Å². The van der Waals surface area contributed by atoms with Crippen LogP contribution in [-0.4, -0.2) is 38.8 Å². The lowest BCUT2D eigenvalue weighted by atomic mass is 10.4. The van der Waals surface area contributed by atoms with Gasteiger partial charge >= 0.3 is 0 Å². The van der Waals surface area contributed by atoms with Gasteiger partial charge in [0.2, 0.25) is 0 Å². The molecule has 0 bridgehead atoms. The van der Waals surface area contributed by atoms with Crippen molar-refractivity contribution in [2.24, 2.45) is 4.99 Å². The van der Waals surface area contributed by atoms with Gasteiger partial charge in [0, 0.05) is 32.8 Å². The fourth-order valence-corrected chi connectivity index (χ4v) is 1.22. The molecule has 0 amide bonds. The molecule has 4 nitrogen and oxygen atoms in total. The van der Waals surface area contributed by atoms with Gasteiger partial charge in [-0.05, 0) is 19.8 Å². The first-order chi connectivity index (χ1) is 8.35. The highest BCUT2D eigenvalue weighted by Crippen LogP contribution is 1.90. The molecule has 4 heteroatoms. The quantitative estimate of drug-likeness (QED) is 0.266. The Labute approximate surface area is 106 Å². The van der Waals surface area contributed by atoms with Gasteiger partial charge in [-0.25, -0.2) is 0 Å². The number of guanidine groups is 1. The van der Waals surface area contributed by atoms with E-state index in [9.17, 15) is 0 Å². The third-order valence-electron chi connectivity index (χ3n) is 2.12. The number of nitrogens with zero attached hydrogens (tertiary/aromatic N) is 1. The van der Waals surface area contributed by atoms with Gasteiger partial charge in [-0.2, -0.15) is 0 Å². The minimum Gasteiger partial charge on any atom is -0.381 e. The number of hydrogen-bond acceptors (Lipinski definition) is 2. The van der Waals surface area contributed by atoms with Gasteiger partial charge in [-0.15, -0.1) is 6.58 Å². The number of nitrogens with one attached hydrogen (secondary N) is 2. The monoisotopic (exact) mass is 241 g/mol. The first kappa shape index (κ1) is 16.0. The molecule has 0 aliphatic carbocycles. The highest BCUT2D eigenvalue weighted by atomic mass is 16.5. The second-order valence-corrected chi connectivity index (χ2v) is 3.75. The molecule has 0 aromatic carbocycles. The molecule has 0 aliphatic heterocycles. The molecule has 0 heterocycles. The Kier molecular flexibility index (Phi) is 12.2. The van der Waals surface area contributed by atoms with Crippen LogP contribution in [0.4, 0.5) is 0 Å². The minimum absolute atomic E-state index is 0.735. The van der Waals surface area contributed by atoms with E-state index in [2.05, 4.69) is 36.1 Å². The van der Waals surface area contributed by atoms with Gasteiger partial charge in [0.25, 0.3) is 0 Å². The lowest BCUT2D eigenvalue weighted by molar-refractivity contribution is 0.130. The molecule has 0 atom stereocenters. The van der Waals surface area contributed by atoms with Crippen molar-refractivity contribution in [3.8, 4) is 0 Å². The van der Waals surface area contributed by atoms with Crippen LogP contribution < -0.4 is 10.6 Å². The number of unbranched alkanes of at least 4 members (excludes halogenated alkanes) is 1. The van der Waals surface area contributed by atoms with Crippen molar-refractivity contribution >= 4 is 5.96 Å². The van der Waals surface area contributed by atoms with Crippen molar-refractivity contribution < 1.29 is 4.74 Å². The topological polar surface area (TPSA) is 45.7 Å². The van der Waals surface area contributed by atoms with Crippen molar-refractivity contribution in [1.29, 1.82) is 0 Å². The molecule has 0 saturated heterocycles.